The van der Waals surface area contributed by atoms with Gasteiger partial charge in [-0.2, -0.15) is 0 Å². The molecule has 0 saturated heterocycles. The van der Waals surface area contributed by atoms with E-state index in [1.54, 1.807) is 12.1 Å². The molecular weight excluding hydrogens is 286 g/mol. The Balaban J connectivity index is 2.02. The molecule has 5 nitrogen and oxygen atoms in total. The minimum Gasteiger partial charge on any atom is -0.351 e. The van der Waals surface area contributed by atoms with Crippen LogP contribution in [0, 0.1) is 0 Å². The second-order valence-corrected chi connectivity index (χ2v) is 5.65. The van der Waals surface area contributed by atoms with Gasteiger partial charge in [0.25, 0.3) is 11.5 Å². The molecule has 0 saturated carbocycles. The molecule has 0 spiro atoms. The van der Waals surface area contributed by atoms with Gasteiger partial charge in [-0.1, -0.05) is 6.07 Å². The maximum Gasteiger partial charge on any atom is 0.257 e. The number of fused-ring (bicyclic) bond motifs is 3. The van der Waals surface area contributed by atoms with Gasteiger partial charge in [0, 0.05) is 28.7 Å². The third kappa shape index (κ3) is 2.55. The normalized spacial score (nSPS) is 11.1. The Morgan fingerprint density at radius 2 is 2.10 bits per heavy atom. The quantitative estimate of drug-likeness (QED) is 0.642. The summed E-state index contributed by atoms with van der Waals surface area (Å²) in [5, 5.41) is 9.35. The Labute approximate surface area is 125 Å². The maximum atomic E-state index is 12.0. The third-order valence-corrected chi connectivity index (χ3v) is 4.29. The van der Waals surface area contributed by atoms with Crippen LogP contribution >= 0.6 is 11.3 Å². The number of hydrogen-bond donors (Lipinski definition) is 3. The first-order valence-electron chi connectivity index (χ1n) is 6.67. The highest BCUT2D eigenvalue weighted by Gasteiger charge is 2.10. The molecule has 0 unspecified atom stereocenters. The fraction of sp³-hybridized carbons (Fsp3) is 0.200. The van der Waals surface area contributed by atoms with Crippen molar-refractivity contribution in [1.29, 1.82) is 0 Å². The van der Waals surface area contributed by atoms with Crippen LogP contribution in [0.15, 0.2) is 34.4 Å². The lowest BCUT2D eigenvalue weighted by atomic mass is 10.1. The summed E-state index contributed by atoms with van der Waals surface area (Å²) in [6.07, 6.45) is 0. The highest BCUT2D eigenvalue weighted by Crippen LogP contribution is 2.26. The van der Waals surface area contributed by atoms with E-state index in [0.29, 0.717) is 29.6 Å². The van der Waals surface area contributed by atoms with Crippen molar-refractivity contribution in [2.24, 2.45) is 0 Å². The average molecular weight is 301 g/mol. The lowest BCUT2D eigenvalue weighted by molar-refractivity contribution is 0.0954. The number of H-pyrrole nitrogens is 1. The van der Waals surface area contributed by atoms with E-state index in [2.05, 4.69) is 15.6 Å². The topological polar surface area (TPSA) is 74.0 Å². The minimum absolute atomic E-state index is 0.119. The molecular formula is C15H15N3O2S. The predicted octanol–water partition coefficient (Wildman–Crippen LogP) is 1.69. The van der Waals surface area contributed by atoms with Gasteiger partial charge < -0.3 is 15.6 Å². The standard InChI is InChI=1S/C15H15N3O2S/c1-16-5-6-17-14(19)9-2-3-10-12(8-9)18-15(20)11-4-7-21-13(10)11/h2-4,7-8,16H,5-6H2,1H3,(H,17,19)(H,18,20). The molecule has 21 heavy (non-hydrogen) atoms. The van der Waals surface area contributed by atoms with E-state index in [9.17, 15) is 9.59 Å². The van der Waals surface area contributed by atoms with Crippen molar-refractivity contribution in [2.75, 3.05) is 20.1 Å². The predicted molar refractivity (Wildman–Crippen MR) is 86.2 cm³/mol. The zero-order valence-corrected chi connectivity index (χ0v) is 12.3. The first kappa shape index (κ1) is 13.8. The van der Waals surface area contributed by atoms with Crippen LogP contribution in [0.1, 0.15) is 10.4 Å². The first-order chi connectivity index (χ1) is 10.2. The summed E-state index contributed by atoms with van der Waals surface area (Å²) in [7, 11) is 1.83. The van der Waals surface area contributed by atoms with Gasteiger partial charge >= 0.3 is 0 Å². The van der Waals surface area contributed by atoms with Gasteiger partial charge in [0.05, 0.1) is 10.9 Å². The number of nitrogens with one attached hydrogen (secondary N) is 3. The van der Waals surface area contributed by atoms with Crippen molar-refractivity contribution in [3.05, 3.63) is 45.6 Å². The smallest absolute Gasteiger partial charge is 0.257 e. The van der Waals surface area contributed by atoms with Crippen LogP contribution in [0.3, 0.4) is 0 Å². The molecule has 0 bridgehead atoms. The van der Waals surface area contributed by atoms with Crippen molar-refractivity contribution in [3.8, 4) is 0 Å². The molecule has 0 aliphatic heterocycles. The first-order valence-corrected chi connectivity index (χ1v) is 7.54. The van der Waals surface area contributed by atoms with Crippen LogP contribution < -0.4 is 16.2 Å². The Kier molecular flexibility index (Phi) is 3.72. The van der Waals surface area contributed by atoms with Gasteiger partial charge in [0.1, 0.15) is 0 Å². The van der Waals surface area contributed by atoms with E-state index in [-0.39, 0.29) is 11.5 Å². The molecule has 1 aromatic carbocycles. The van der Waals surface area contributed by atoms with Crippen LogP contribution in [0.5, 0.6) is 0 Å². The van der Waals surface area contributed by atoms with Crippen molar-refractivity contribution >= 4 is 38.2 Å². The van der Waals surface area contributed by atoms with Gasteiger partial charge in [0.2, 0.25) is 0 Å². The molecule has 6 heteroatoms. The summed E-state index contributed by atoms with van der Waals surface area (Å²) in [6, 6.07) is 7.22. The SMILES string of the molecule is CNCCNC(=O)c1ccc2c(c1)[nH]c(=O)c1ccsc12. The lowest BCUT2D eigenvalue weighted by Gasteiger charge is -2.06. The molecule has 108 valence electrons. The third-order valence-electron chi connectivity index (χ3n) is 3.34. The molecule has 1 amide bonds. The number of carbonyl (C=O) groups excluding carboxylic acids is 1. The summed E-state index contributed by atoms with van der Waals surface area (Å²) in [4.78, 5) is 26.9. The van der Waals surface area contributed by atoms with Crippen LogP contribution in [-0.4, -0.2) is 31.0 Å². The van der Waals surface area contributed by atoms with Gasteiger partial charge in [-0.25, -0.2) is 0 Å². The number of benzene rings is 1. The monoisotopic (exact) mass is 301 g/mol. The second-order valence-electron chi connectivity index (χ2n) is 4.74. The van der Waals surface area contributed by atoms with E-state index in [0.717, 1.165) is 10.1 Å². The largest absolute Gasteiger partial charge is 0.351 e. The number of rotatable bonds is 4. The minimum atomic E-state index is -0.140. The highest BCUT2D eigenvalue weighted by atomic mass is 32.1. The molecule has 3 N–H and O–H groups in total. The van der Waals surface area contributed by atoms with E-state index < -0.39 is 0 Å². The number of hydrogen-bond acceptors (Lipinski definition) is 4. The molecule has 0 atom stereocenters. The van der Waals surface area contributed by atoms with E-state index in [1.807, 2.05) is 24.6 Å². The Hall–Kier alpha value is -2.18. The summed E-state index contributed by atoms with van der Waals surface area (Å²) in [5.41, 5.74) is 1.12. The number of aromatic amines is 1. The Bertz CT molecular complexity index is 866. The Morgan fingerprint density at radius 3 is 2.90 bits per heavy atom. The van der Waals surface area contributed by atoms with Crippen LogP contribution in [0.25, 0.3) is 21.0 Å². The highest BCUT2D eigenvalue weighted by molar-refractivity contribution is 7.18. The number of thiophene rings is 1. The van der Waals surface area contributed by atoms with Crippen LogP contribution in [0.4, 0.5) is 0 Å². The molecule has 2 aromatic heterocycles. The number of pyridine rings is 1. The van der Waals surface area contributed by atoms with Crippen molar-refractivity contribution in [2.45, 2.75) is 0 Å². The zero-order chi connectivity index (χ0) is 14.8. The van der Waals surface area contributed by atoms with E-state index in [4.69, 9.17) is 0 Å². The van der Waals surface area contributed by atoms with Crippen molar-refractivity contribution in [1.82, 2.24) is 15.6 Å². The molecule has 3 aromatic rings. The number of aromatic nitrogens is 1. The summed E-state index contributed by atoms with van der Waals surface area (Å²) in [6.45, 7) is 1.28. The van der Waals surface area contributed by atoms with Gasteiger partial charge in [-0.15, -0.1) is 11.3 Å². The van der Waals surface area contributed by atoms with Crippen LogP contribution in [-0.2, 0) is 0 Å². The summed E-state index contributed by atoms with van der Waals surface area (Å²) in [5.74, 6) is -0.140. The molecule has 0 aliphatic rings. The number of likely N-dealkylation sites (N-methyl/N-ethyl adjacent to an activating group) is 1. The van der Waals surface area contributed by atoms with E-state index >= 15 is 0 Å². The average Bonchev–Trinajstić information content (AvgIpc) is 2.97. The Morgan fingerprint density at radius 1 is 1.24 bits per heavy atom. The van der Waals surface area contributed by atoms with Crippen LogP contribution in [0.2, 0.25) is 0 Å². The van der Waals surface area contributed by atoms with Gasteiger partial charge in [0.15, 0.2) is 0 Å². The second kappa shape index (κ2) is 5.67. The molecule has 0 fully saturated rings. The van der Waals surface area contributed by atoms with Gasteiger partial charge in [-0.05, 0) is 30.6 Å². The van der Waals surface area contributed by atoms with E-state index in [1.165, 1.54) is 11.3 Å². The molecule has 3 rings (SSSR count). The summed E-state index contributed by atoms with van der Waals surface area (Å²) >= 11 is 1.53. The molecule has 2 heterocycles. The lowest BCUT2D eigenvalue weighted by Crippen LogP contribution is -2.30. The van der Waals surface area contributed by atoms with Crippen molar-refractivity contribution < 1.29 is 4.79 Å². The van der Waals surface area contributed by atoms with Crippen molar-refractivity contribution in [3.63, 3.8) is 0 Å². The fourth-order valence-corrected chi connectivity index (χ4v) is 3.21. The molecule has 0 radical (unpaired) electrons. The zero-order valence-electron chi connectivity index (χ0n) is 11.5. The number of amides is 1. The maximum absolute atomic E-state index is 12.0. The number of carbonyl (C=O) groups is 1. The summed E-state index contributed by atoms with van der Waals surface area (Å²) < 4.78 is 0.955. The fourth-order valence-electron chi connectivity index (χ4n) is 2.28. The molecule has 0 aliphatic carbocycles. The van der Waals surface area contributed by atoms with Gasteiger partial charge in [-0.3, -0.25) is 9.59 Å².